The molecule has 4 nitrogen and oxygen atoms in total. The third-order valence-corrected chi connectivity index (χ3v) is 0.872. The van der Waals surface area contributed by atoms with Crippen LogP contribution in [0, 0.1) is 0 Å². The average Bonchev–Trinajstić information content (AvgIpc) is 1.86. The molecule has 60 valence electrons. The Morgan fingerprint density at radius 2 is 1.82 bits per heavy atom. The van der Waals surface area contributed by atoms with Crippen LogP contribution in [0.15, 0.2) is 23.8 Å². The fraction of sp³-hybridized carbons (Fsp3) is 0.143. The molecule has 0 aromatic rings. The predicted octanol–water partition coefficient (Wildman–Crippen LogP) is 0.658. The molecule has 0 radical (unpaired) electrons. The quantitative estimate of drug-likeness (QED) is 0.465. The molecule has 0 saturated carbocycles. The molecule has 0 unspecified atom stereocenters. The van der Waals surface area contributed by atoms with Gasteiger partial charge in [0, 0.05) is 6.08 Å². The van der Waals surface area contributed by atoms with Crippen LogP contribution in [-0.4, -0.2) is 22.2 Å². The molecule has 2 N–H and O–H groups in total. The van der Waals surface area contributed by atoms with Crippen molar-refractivity contribution in [3.63, 3.8) is 0 Å². The van der Waals surface area contributed by atoms with Gasteiger partial charge in [-0.05, 0) is 6.92 Å². The highest BCUT2D eigenvalue weighted by molar-refractivity contribution is 5.96. The zero-order chi connectivity index (χ0) is 8.85. The van der Waals surface area contributed by atoms with Crippen LogP contribution in [0.25, 0.3) is 0 Å². The first-order valence-electron chi connectivity index (χ1n) is 2.88. The molecular formula is C7H8O4. The second kappa shape index (κ2) is 4.27. The van der Waals surface area contributed by atoms with Crippen molar-refractivity contribution >= 4 is 11.9 Å². The Bertz CT molecular complexity index is 225. The van der Waals surface area contributed by atoms with E-state index < -0.39 is 11.9 Å². The van der Waals surface area contributed by atoms with Crippen LogP contribution < -0.4 is 0 Å². The summed E-state index contributed by atoms with van der Waals surface area (Å²) in [5, 5.41) is 16.6. The van der Waals surface area contributed by atoms with Crippen molar-refractivity contribution in [1.82, 2.24) is 0 Å². The van der Waals surface area contributed by atoms with E-state index in [1.165, 1.54) is 12.2 Å². The largest absolute Gasteiger partial charge is 0.478 e. The van der Waals surface area contributed by atoms with Crippen molar-refractivity contribution in [2.24, 2.45) is 0 Å². The fourth-order valence-electron chi connectivity index (χ4n) is 0.494. The smallest absolute Gasteiger partial charge is 0.335 e. The summed E-state index contributed by atoms with van der Waals surface area (Å²) in [7, 11) is 0. The zero-order valence-corrected chi connectivity index (χ0v) is 5.94. The van der Waals surface area contributed by atoms with Crippen molar-refractivity contribution in [1.29, 1.82) is 0 Å². The van der Waals surface area contributed by atoms with Crippen LogP contribution in [0.2, 0.25) is 0 Å². The normalized spacial score (nSPS) is 11.9. The van der Waals surface area contributed by atoms with Gasteiger partial charge in [-0.15, -0.1) is 0 Å². The Kier molecular flexibility index (Phi) is 3.66. The highest BCUT2D eigenvalue weighted by Gasteiger charge is 2.03. The van der Waals surface area contributed by atoms with Gasteiger partial charge in [-0.25, -0.2) is 9.59 Å². The van der Waals surface area contributed by atoms with Gasteiger partial charge >= 0.3 is 11.9 Å². The van der Waals surface area contributed by atoms with E-state index in [2.05, 4.69) is 0 Å². The number of rotatable bonds is 3. The maximum Gasteiger partial charge on any atom is 0.335 e. The van der Waals surface area contributed by atoms with E-state index >= 15 is 0 Å². The fourth-order valence-corrected chi connectivity index (χ4v) is 0.494. The van der Waals surface area contributed by atoms with Crippen molar-refractivity contribution in [3.05, 3.63) is 23.8 Å². The molecular weight excluding hydrogens is 148 g/mol. The first-order chi connectivity index (χ1) is 5.07. The Hall–Kier alpha value is -1.58. The Morgan fingerprint density at radius 3 is 2.09 bits per heavy atom. The summed E-state index contributed by atoms with van der Waals surface area (Å²) in [6.07, 6.45) is 3.32. The highest BCUT2D eigenvalue weighted by atomic mass is 16.4. The molecule has 0 aliphatic rings. The Morgan fingerprint density at radius 1 is 1.27 bits per heavy atom. The molecule has 0 saturated heterocycles. The maximum atomic E-state index is 10.2. The Labute approximate surface area is 63.5 Å². The second-order valence-corrected chi connectivity index (χ2v) is 1.74. The minimum atomic E-state index is -1.26. The van der Waals surface area contributed by atoms with Gasteiger partial charge in [0.15, 0.2) is 0 Å². The number of aliphatic carboxylic acids is 2. The molecule has 0 atom stereocenters. The first-order valence-corrected chi connectivity index (χ1v) is 2.88. The molecule has 0 aromatic carbocycles. The third kappa shape index (κ3) is 3.91. The molecule has 0 heterocycles. The lowest BCUT2D eigenvalue weighted by Gasteiger charge is -1.89. The van der Waals surface area contributed by atoms with Crippen LogP contribution in [0.3, 0.4) is 0 Å². The molecule has 0 spiro atoms. The lowest BCUT2D eigenvalue weighted by atomic mass is 10.2. The molecule has 0 bridgehead atoms. The van der Waals surface area contributed by atoms with Crippen LogP contribution in [0.1, 0.15) is 6.92 Å². The third-order valence-electron chi connectivity index (χ3n) is 0.872. The van der Waals surface area contributed by atoms with Crippen molar-refractivity contribution in [2.45, 2.75) is 6.92 Å². The standard InChI is InChI=1S/C7H8O4/c1-2-3-5(7(10)11)4-6(8)9/h2-4H,1H3,(H,8,9)(H,10,11)/b3-2+,5-4+. The van der Waals surface area contributed by atoms with E-state index in [1.807, 2.05) is 0 Å². The second-order valence-electron chi connectivity index (χ2n) is 1.74. The van der Waals surface area contributed by atoms with E-state index in [1.54, 1.807) is 6.92 Å². The van der Waals surface area contributed by atoms with E-state index in [-0.39, 0.29) is 5.57 Å². The van der Waals surface area contributed by atoms with E-state index in [4.69, 9.17) is 10.2 Å². The van der Waals surface area contributed by atoms with E-state index in [9.17, 15) is 9.59 Å². The van der Waals surface area contributed by atoms with Gasteiger partial charge in [0.05, 0.1) is 5.57 Å². The van der Waals surface area contributed by atoms with Gasteiger partial charge in [0.2, 0.25) is 0 Å². The number of hydrogen-bond acceptors (Lipinski definition) is 2. The molecule has 0 aromatic heterocycles. The molecule has 0 aliphatic carbocycles. The van der Waals surface area contributed by atoms with Gasteiger partial charge in [-0.3, -0.25) is 0 Å². The van der Waals surface area contributed by atoms with Crippen LogP contribution >= 0.6 is 0 Å². The van der Waals surface area contributed by atoms with E-state index in [0.717, 1.165) is 0 Å². The van der Waals surface area contributed by atoms with Gasteiger partial charge in [-0.2, -0.15) is 0 Å². The SMILES string of the molecule is C/C=C/C(=C\C(=O)O)C(=O)O. The summed E-state index contributed by atoms with van der Waals surface area (Å²) in [4.78, 5) is 20.3. The topological polar surface area (TPSA) is 74.6 Å². The van der Waals surface area contributed by atoms with Crippen LogP contribution in [0.4, 0.5) is 0 Å². The lowest BCUT2D eigenvalue weighted by Crippen LogP contribution is -2.01. The molecule has 0 rings (SSSR count). The highest BCUT2D eigenvalue weighted by Crippen LogP contribution is 1.96. The monoisotopic (exact) mass is 156 g/mol. The molecule has 4 heteroatoms. The van der Waals surface area contributed by atoms with Crippen LogP contribution in [0.5, 0.6) is 0 Å². The van der Waals surface area contributed by atoms with Crippen molar-refractivity contribution < 1.29 is 19.8 Å². The van der Waals surface area contributed by atoms with Gasteiger partial charge < -0.3 is 10.2 Å². The van der Waals surface area contributed by atoms with Crippen molar-refractivity contribution in [3.8, 4) is 0 Å². The minimum absolute atomic E-state index is 0.236. The molecule has 0 amide bonds. The maximum absolute atomic E-state index is 10.2. The van der Waals surface area contributed by atoms with Gasteiger partial charge in [0.1, 0.15) is 0 Å². The molecule has 0 aliphatic heterocycles. The van der Waals surface area contributed by atoms with E-state index in [0.29, 0.717) is 6.08 Å². The first kappa shape index (κ1) is 9.42. The predicted molar refractivity (Wildman–Crippen MR) is 38.2 cm³/mol. The van der Waals surface area contributed by atoms with Crippen LogP contribution in [-0.2, 0) is 9.59 Å². The number of carboxylic acid groups (broad SMARTS) is 2. The number of carbonyl (C=O) groups is 2. The summed E-state index contributed by atoms with van der Waals surface area (Å²) in [5.74, 6) is -2.51. The van der Waals surface area contributed by atoms with Gasteiger partial charge in [-0.1, -0.05) is 12.2 Å². The summed E-state index contributed by atoms with van der Waals surface area (Å²) >= 11 is 0. The lowest BCUT2D eigenvalue weighted by molar-refractivity contribution is -0.134. The number of hydrogen-bond donors (Lipinski definition) is 2. The number of allylic oxidation sites excluding steroid dienone is 1. The van der Waals surface area contributed by atoms with Crippen molar-refractivity contribution in [2.75, 3.05) is 0 Å². The summed E-state index contributed by atoms with van der Waals surface area (Å²) in [5.41, 5.74) is -0.236. The zero-order valence-electron chi connectivity index (χ0n) is 5.94. The summed E-state index contributed by atoms with van der Waals surface area (Å²) < 4.78 is 0. The summed E-state index contributed by atoms with van der Waals surface area (Å²) in [6, 6.07) is 0. The minimum Gasteiger partial charge on any atom is -0.478 e. The number of carboxylic acids is 2. The average molecular weight is 156 g/mol. The summed E-state index contributed by atoms with van der Waals surface area (Å²) in [6.45, 7) is 1.61. The molecule has 0 fully saturated rings. The van der Waals surface area contributed by atoms with Gasteiger partial charge in [0.25, 0.3) is 0 Å². The molecule has 11 heavy (non-hydrogen) atoms. The Balaban J connectivity index is 4.59.